The van der Waals surface area contributed by atoms with E-state index in [1.54, 1.807) is 12.0 Å². The van der Waals surface area contributed by atoms with Gasteiger partial charge in [-0.1, -0.05) is 32.0 Å². The van der Waals surface area contributed by atoms with Crippen molar-refractivity contribution >= 4 is 29.3 Å². The van der Waals surface area contributed by atoms with Gasteiger partial charge in [-0.25, -0.2) is 0 Å². The van der Waals surface area contributed by atoms with E-state index >= 15 is 0 Å². The molecule has 1 saturated heterocycles. The number of carbonyl (C=O) groups is 1. The minimum atomic E-state index is -0.0993. The Labute approximate surface area is 183 Å². The molecule has 1 amide bonds. The van der Waals surface area contributed by atoms with Gasteiger partial charge in [0, 0.05) is 12.1 Å². The van der Waals surface area contributed by atoms with Gasteiger partial charge in [-0.05, 0) is 72.9 Å². The van der Waals surface area contributed by atoms with Crippen molar-refractivity contribution in [2.75, 3.05) is 13.7 Å². The zero-order valence-electron chi connectivity index (χ0n) is 18.1. The van der Waals surface area contributed by atoms with Crippen LogP contribution < -0.4 is 14.8 Å². The molecule has 1 fully saturated rings. The highest BCUT2D eigenvalue weighted by Gasteiger charge is 2.30. The van der Waals surface area contributed by atoms with E-state index in [1.807, 2.05) is 43.3 Å². The van der Waals surface area contributed by atoms with Crippen LogP contribution in [0.25, 0.3) is 6.08 Å². The fourth-order valence-corrected chi connectivity index (χ4v) is 3.57. The zero-order valence-corrected chi connectivity index (χ0v) is 18.9. The predicted molar refractivity (Wildman–Crippen MR) is 124 cm³/mol. The summed E-state index contributed by atoms with van der Waals surface area (Å²) in [6, 6.07) is 11.8. The van der Waals surface area contributed by atoms with E-state index in [9.17, 15) is 4.79 Å². The van der Waals surface area contributed by atoms with Crippen molar-refractivity contribution in [1.29, 1.82) is 0 Å². The van der Waals surface area contributed by atoms with E-state index in [4.69, 9.17) is 21.7 Å². The van der Waals surface area contributed by atoms with Crippen LogP contribution >= 0.6 is 12.2 Å². The number of aryl methyl sites for hydroxylation is 1. The summed E-state index contributed by atoms with van der Waals surface area (Å²) in [7, 11) is 1.64. The molecule has 0 saturated carbocycles. The fraction of sp³-hybridized carbons (Fsp3) is 0.333. The third-order valence-electron chi connectivity index (χ3n) is 5.06. The van der Waals surface area contributed by atoms with Gasteiger partial charge in [0.2, 0.25) is 0 Å². The van der Waals surface area contributed by atoms with Gasteiger partial charge in [-0.2, -0.15) is 0 Å². The lowest BCUT2D eigenvalue weighted by Crippen LogP contribution is -2.33. The first kappa shape index (κ1) is 21.8. The van der Waals surface area contributed by atoms with Gasteiger partial charge in [0.25, 0.3) is 5.91 Å². The monoisotopic (exact) mass is 424 g/mol. The Morgan fingerprint density at radius 1 is 1.17 bits per heavy atom. The van der Waals surface area contributed by atoms with Crippen LogP contribution in [-0.2, 0) is 11.4 Å². The number of nitrogens with zero attached hydrogens (tertiary/aromatic N) is 1. The summed E-state index contributed by atoms with van der Waals surface area (Å²) in [6.07, 6.45) is 1.82. The zero-order chi connectivity index (χ0) is 21.8. The van der Waals surface area contributed by atoms with E-state index in [-0.39, 0.29) is 5.91 Å². The van der Waals surface area contributed by atoms with Crippen molar-refractivity contribution < 1.29 is 14.3 Å². The number of methoxy groups -OCH3 is 1. The molecule has 30 heavy (non-hydrogen) atoms. The van der Waals surface area contributed by atoms with Gasteiger partial charge < -0.3 is 14.8 Å². The third-order valence-corrected chi connectivity index (χ3v) is 5.39. The number of carbonyl (C=O) groups excluding carboxylic acids is 1. The number of amides is 1. The molecule has 0 atom stereocenters. The number of rotatable bonds is 7. The van der Waals surface area contributed by atoms with E-state index in [2.05, 4.69) is 32.2 Å². The first-order valence-electron chi connectivity index (χ1n) is 10.0. The second kappa shape index (κ2) is 9.30. The van der Waals surface area contributed by atoms with Crippen LogP contribution in [-0.4, -0.2) is 29.6 Å². The van der Waals surface area contributed by atoms with Crippen LogP contribution in [0.15, 0.2) is 42.1 Å². The summed E-state index contributed by atoms with van der Waals surface area (Å²) in [5.74, 6) is 1.83. The van der Waals surface area contributed by atoms with Crippen LogP contribution in [0.2, 0.25) is 0 Å². The van der Waals surface area contributed by atoms with Gasteiger partial charge in [0.1, 0.15) is 23.8 Å². The van der Waals surface area contributed by atoms with Crippen LogP contribution in [0.5, 0.6) is 11.5 Å². The van der Waals surface area contributed by atoms with E-state index < -0.39 is 0 Å². The minimum Gasteiger partial charge on any atom is -0.496 e. The Bertz CT molecular complexity index is 998. The largest absolute Gasteiger partial charge is 0.496 e. The molecule has 0 radical (unpaired) electrons. The Morgan fingerprint density at radius 3 is 2.63 bits per heavy atom. The maximum atomic E-state index is 12.7. The summed E-state index contributed by atoms with van der Waals surface area (Å²) in [6.45, 7) is 9.19. The maximum Gasteiger partial charge on any atom is 0.276 e. The lowest BCUT2D eigenvalue weighted by Gasteiger charge is -2.16. The lowest BCUT2D eigenvalue weighted by molar-refractivity contribution is -0.122. The molecule has 0 aliphatic carbocycles. The average Bonchev–Trinajstić information content (AvgIpc) is 2.96. The summed E-state index contributed by atoms with van der Waals surface area (Å²) in [5, 5.41) is 3.48. The van der Waals surface area contributed by atoms with Crippen LogP contribution in [0.3, 0.4) is 0 Å². The molecule has 1 aliphatic heterocycles. The summed E-state index contributed by atoms with van der Waals surface area (Å²) < 4.78 is 11.6. The topological polar surface area (TPSA) is 50.8 Å². The lowest BCUT2D eigenvalue weighted by atomic mass is 10.1. The van der Waals surface area contributed by atoms with Gasteiger partial charge in [-0.15, -0.1) is 0 Å². The van der Waals surface area contributed by atoms with Crippen molar-refractivity contribution in [2.45, 2.75) is 34.3 Å². The minimum absolute atomic E-state index is 0.0993. The van der Waals surface area contributed by atoms with Crippen molar-refractivity contribution in [2.24, 2.45) is 5.92 Å². The van der Waals surface area contributed by atoms with E-state index in [0.29, 0.717) is 29.9 Å². The Kier molecular flexibility index (Phi) is 6.77. The number of nitrogens with one attached hydrogen (secondary N) is 1. The molecule has 0 aromatic heterocycles. The van der Waals surface area contributed by atoms with Gasteiger partial charge in [-0.3, -0.25) is 9.69 Å². The second-order valence-electron chi connectivity index (χ2n) is 7.86. The molecule has 0 spiro atoms. The molecule has 1 heterocycles. The standard InChI is InChI=1S/C24H28N2O3S/c1-15(2)13-26-23(27)20(25-24(26)30)12-18-9-10-22(28-5)19(11-18)14-29-21-8-6-7-16(3)17(21)4/h6-12,15H,13-14H2,1-5H3,(H,25,30)/b20-12+. The van der Waals surface area contributed by atoms with Crippen LogP contribution in [0.4, 0.5) is 0 Å². The molecule has 2 aromatic rings. The fourth-order valence-electron chi connectivity index (χ4n) is 3.31. The molecule has 1 N–H and O–H groups in total. The Hall–Kier alpha value is -2.86. The smallest absolute Gasteiger partial charge is 0.276 e. The molecule has 2 aromatic carbocycles. The van der Waals surface area contributed by atoms with Crippen LogP contribution in [0, 0.1) is 19.8 Å². The Balaban J connectivity index is 1.82. The summed E-state index contributed by atoms with van der Waals surface area (Å²) >= 11 is 5.33. The molecule has 3 rings (SSSR count). The molecule has 6 heteroatoms. The maximum absolute atomic E-state index is 12.7. The third kappa shape index (κ3) is 4.82. The number of hydrogen-bond acceptors (Lipinski definition) is 4. The van der Waals surface area contributed by atoms with Crippen LogP contribution in [0.1, 0.15) is 36.1 Å². The average molecular weight is 425 g/mol. The summed E-state index contributed by atoms with van der Waals surface area (Å²) in [5.41, 5.74) is 4.56. The number of benzene rings is 2. The molecular weight excluding hydrogens is 396 g/mol. The Morgan fingerprint density at radius 2 is 1.93 bits per heavy atom. The highest BCUT2D eigenvalue weighted by molar-refractivity contribution is 7.80. The quantitative estimate of drug-likeness (QED) is 0.520. The highest BCUT2D eigenvalue weighted by Crippen LogP contribution is 2.26. The number of thiocarbonyl (C=S) groups is 1. The molecule has 158 valence electrons. The number of hydrogen-bond donors (Lipinski definition) is 1. The SMILES string of the molecule is COc1ccc(/C=C2/NC(=S)N(CC(C)C)C2=O)cc1COc1cccc(C)c1C. The first-order valence-corrected chi connectivity index (χ1v) is 10.4. The van der Waals surface area contributed by atoms with Gasteiger partial charge in [0.05, 0.1) is 7.11 Å². The molecule has 5 nitrogen and oxygen atoms in total. The van der Waals surface area contributed by atoms with E-state index in [1.165, 1.54) is 5.56 Å². The second-order valence-corrected chi connectivity index (χ2v) is 8.24. The molecule has 0 unspecified atom stereocenters. The molecule has 0 bridgehead atoms. The van der Waals surface area contributed by atoms with Crippen molar-refractivity contribution in [3.63, 3.8) is 0 Å². The molecule has 1 aliphatic rings. The van der Waals surface area contributed by atoms with Crippen molar-refractivity contribution in [1.82, 2.24) is 10.2 Å². The van der Waals surface area contributed by atoms with E-state index in [0.717, 1.165) is 28.2 Å². The van der Waals surface area contributed by atoms with Crippen molar-refractivity contribution in [3.05, 3.63) is 64.3 Å². The van der Waals surface area contributed by atoms with Crippen molar-refractivity contribution in [3.8, 4) is 11.5 Å². The molecular formula is C24H28N2O3S. The summed E-state index contributed by atoms with van der Waals surface area (Å²) in [4.78, 5) is 14.3. The van der Waals surface area contributed by atoms with Gasteiger partial charge in [0.15, 0.2) is 5.11 Å². The highest BCUT2D eigenvalue weighted by atomic mass is 32.1. The predicted octanol–water partition coefficient (Wildman–Crippen LogP) is 4.60. The normalized spacial score (nSPS) is 15.1. The van der Waals surface area contributed by atoms with Gasteiger partial charge >= 0.3 is 0 Å². The first-order chi connectivity index (χ1) is 14.3. The number of ether oxygens (including phenoxy) is 2.